The summed E-state index contributed by atoms with van der Waals surface area (Å²) in [6.45, 7) is 1.88. The third-order valence-corrected chi connectivity index (χ3v) is 6.36. The number of hydrogen-bond donors (Lipinski definition) is 1. The number of nitrogens with zero attached hydrogens (tertiary/aromatic N) is 2. The second-order valence-electron chi connectivity index (χ2n) is 6.54. The number of rotatable bonds is 3. The van der Waals surface area contributed by atoms with Gasteiger partial charge in [-0.15, -0.1) is 0 Å². The smallest absolute Gasteiger partial charge is 0.251 e. The Bertz CT molecular complexity index is 897. The summed E-state index contributed by atoms with van der Waals surface area (Å²) in [6, 6.07) is 5.72. The van der Waals surface area contributed by atoms with Crippen molar-refractivity contribution in [3.63, 3.8) is 0 Å². The van der Waals surface area contributed by atoms with E-state index < -0.39 is 9.84 Å². The van der Waals surface area contributed by atoms with Crippen molar-refractivity contribution in [2.45, 2.75) is 38.3 Å². The van der Waals surface area contributed by atoms with Crippen molar-refractivity contribution in [2.75, 3.05) is 11.5 Å². The van der Waals surface area contributed by atoms with Crippen LogP contribution >= 0.6 is 0 Å². The van der Waals surface area contributed by atoms with E-state index in [-0.39, 0.29) is 23.5 Å². The lowest BCUT2D eigenvalue weighted by atomic mass is 10.1. The highest BCUT2D eigenvalue weighted by molar-refractivity contribution is 7.91. The van der Waals surface area contributed by atoms with Crippen molar-refractivity contribution in [3.8, 4) is 0 Å². The quantitative estimate of drug-likeness (QED) is 0.925. The number of aromatic nitrogens is 2. The van der Waals surface area contributed by atoms with Crippen LogP contribution in [0.3, 0.4) is 0 Å². The lowest BCUT2D eigenvalue weighted by Crippen LogP contribution is -2.25. The van der Waals surface area contributed by atoms with Gasteiger partial charge in [0.25, 0.3) is 5.91 Å². The fourth-order valence-corrected chi connectivity index (χ4v) is 5.00. The molecule has 1 N–H and O–H groups in total. The Balaban J connectivity index is 1.70. The van der Waals surface area contributed by atoms with Crippen LogP contribution in [-0.4, -0.2) is 41.4 Å². The Morgan fingerprint density at radius 3 is 2.74 bits per heavy atom. The monoisotopic (exact) mass is 333 g/mol. The topological polar surface area (TPSA) is 81.1 Å². The van der Waals surface area contributed by atoms with E-state index in [4.69, 9.17) is 0 Å². The predicted molar refractivity (Wildman–Crippen MR) is 87.3 cm³/mol. The van der Waals surface area contributed by atoms with Gasteiger partial charge in [0.1, 0.15) is 5.82 Å². The van der Waals surface area contributed by atoms with Crippen molar-refractivity contribution < 1.29 is 13.2 Å². The number of benzene rings is 1. The molecule has 0 radical (unpaired) electrons. The largest absolute Gasteiger partial charge is 0.349 e. The lowest BCUT2D eigenvalue weighted by Gasteiger charge is -2.13. The zero-order valence-electron chi connectivity index (χ0n) is 12.9. The summed E-state index contributed by atoms with van der Waals surface area (Å²) in [6.07, 6.45) is 2.73. The van der Waals surface area contributed by atoms with E-state index in [0.29, 0.717) is 18.0 Å². The molecule has 0 unspecified atom stereocenters. The second-order valence-corrected chi connectivity index (χ2v) is 8.77. The zero-order chi connectivity index (χ0) is 16.2. The van der Waals surface area contributed by atoms with Gasteiger partial charge in [0.15, 0.2) is 9.84 Å². The molecular formula is C16H19N3O3S. The first-order chi connectivity index (χ1) is 10.9. The first-order valence-electron chi connectivity index (χ1n) is 7.93. The fourth-order valence-electron chi connectivity index (χ4n) is 3.30. The van der Waals surface area contributed by atoms with E-state index in [9.17, 15) is 13.2 Å². The molecule has 1 aliphatic carbocycles. The molecule has 2 aliphatic rings. The molecule has 2 heterocycles. The van der Waals surface area contributed by atoms with Crippen LogP contribution in [0.2, 0.25) is 0 Å². The standard InChI is InChI=1S/C16H19N3O3S/c1-10-17-14-8-11(16(20)18-12-3-4-12)2-5-15(14)19(10)13-6-7-23(21,22)9-13/h2,5,8,12-13H,3-4,6-7,9H2,1H3,(H,18,20)/t13-/m1/s1. The number of amides is 1. The highest BCUT2D eigenvalue weighted by atomic mass is 32.2. The molecule has 122 valence electrons. The van der Waals surface area contributed by atoms with Crippen molar-refractivity contribution in [2.24, 2.45) is 0 Å². The molecule has 6 nitrogen and oxygen atoms in total. The van der Waals surface area contributed by atoms with Crippen LogP contribution in [0.5, 0.6) is 0 Å². The molecule has 2 fully saturated rings. The number of carbonyl (C=O) groups excluding carboxylic acids is 1. The van der Waals surface area contributed by atoms with Crippen LogP contribution in [-0.2, 0) is 9.84 Å². The van der Waals surface area contributed by atoms with Gasteiger partial charge in [-0.05, 0) is 44.4 Å². The van der Waals surface area contributed by atoms with E-state index in [2.05, 4.69) is 10.3 Å². The second kappa shape index (κ2) is 5.06. The van der Waals surface area contributed by atoms with Gasteiger partial charge < -0.3 is 9.88 Å². The van der Waals surface area contributed by atoms with Crippen LogP contribution in [0.25, 0.3) is 11.0 Å². The summed E-state index contributed by atoms with van der Waals surface area (Å²) >= 11 is 0. The molecule has 1 atom stereocenters. The van der Waals surface area contributed by atoms with Crippen molar-refractivity contribution in [1.29, 1.82) is 0 Å². The van der Waals surface area contributed by atoms with Gasteiger partial charge in [-0.3, -0.25) is 4.79 Å². The maximum absolute atomic E-state index is 12.1. The number of nitrogens with one attached hydrogen (secondary N) is 1. The summed E-state index contributed by atoms with van der Waals surface area (Å²) in [5, 5.41) is 2.97. The summed E-state index contributed by atoms with van der Waals surface area (Å²) in [5.74, 6) is 1.13. The first-order valence-corrected chi connectivity index (χ1v) is 9.75. The van der Waals surface area contributed by atoms with E-state index in [1.807, 2.05) is 17.6 Å². The summed E-state index contributed by atoms with van der Waals surface area (Å²) < 4.78 is 25.5. The molecule has 1 aliphatic heterocycles. The summed E-state index contributed by atoms with van der Waals surface area (Å²) in [7, 11) is -2.95. The average molecular weight is 333 g/mol. The zero-order valence-corrected chi connectivity index (χ0v) is 13.8. The molecule has 1 saturated heterocycles. The fraction of sp³-hybridized carbons (Fsp3) is 0.500. The molecule has 1 saturated carbocycles. The molecule has 4 rings (SSSR count). The Morgan fingerprint density at radius 2 is 2.09 bits per heavy atom. The van der Waals surface area contributed by atoms with Gasteiger partial charge >= 0.3 is 0 Å². The van der Waals surface area contributed by atoms with Crippen molar-refractivity contribution >= 4 is 26.8 Å². The minimum atomic E-state index is -2.95. The molecule has 1 aromatic heterocycles. The van der Waals surface area contributed by atoms with Gasteiger partial charge in [0.2, 0.25) is 0 Å². The number of hydrogen-bond acceptors (Lipinski definition) is 4. The third-order valence-electron chi connectivity index (χ3n) is 4.61. The van der Waals surface area contributed by atoms with Crippen LogP contribution in [0, 0.1) is 6.92 Å². The number of sulfone groups is 1. The van der Waals surface area contributed by atoms with Crippen molar-refractivity contribution in [1.82, 2.24) is 14.9 Å². The maximum Gasteiger partial charge on any atom is 0.251 e. The maximum atomic E-state index is 12.1. The van der Waals surface area contributed by atoms with Crippen LogP contribution in [0.15, 0.2) is 18.2 Å². The Hall–Kier alpha value is -1.89. The van der Waals surface area contributed by atoms with Crippen LogP contribution in [0.4, 0.5) is 0 Å². The van der Waals surface area contributed by atoms with E-state index in [0.717, 1.165) is 29.7 Å². The summed E-state index contributed by atoms with van der Waals surface area (Å²) in [4.78, 5) is 16.7. The molecule has 1 aromatic carbocycles. The van der Waals surface area contributed by atoms with E-state index in [1.165, 1.54) is 0 Å². The Kier molecular flexibility index (Phi) is 3.23. The molecule has 7 heteroatoms. The highest BCUT2D eigenvalue weighted by Gasteiger charge is 2.31. The molecular weight excluding hydrogens is 314 g/mol. The van der Waals surface area contributed by atoms with Gasteiger partial charge in [0.05, 0.1) is 28.6 Å². The number of fused-ring (bicyclic) bond motifs is 1. The van der Waals surface area contributed by atoms with E-state index >= 15 is 0 Å². The number of aryl methyl sites for hydroxylation is 1. The first kappa shape index (κ1) is 14.7. The Labute approximate surface area is 134 Å². The van der Waals surface area contributed by atoms with Gasteiger partial charge in [-0.1, -0.05) is 0 Å². The molecule has 2 aromatic rings. The normalized spacial score (nSPS) is 23.3. The molecule has 23 heavy (non-hydrogen) atoms. The van der Waals surface area contributed by atoms with Gasteiger partial charge in [-0.2, -0.15) is 0 Å². The van der Waals surface area contributed by atoms with Gasteiger partial charge in [0, 0.05) is 11.6 Å². The lowest BCUT2D eigenvalue weighted by molar-refractivity contribution is 0.0951. The van der Waals surface area contributed by atoms with Crippen LogP contribution in [0.1, 0.15) is 41.5 Å². The minimum absolute atomic E-state index is 0.0591. The van der Waals surface area contributed by atoms with Crippen LogP contribution < -0.4 is 5.32 Å². The average Bonchev–Trinajstić information content (AvgIpc) is 3.13. The molecule has 0 bridgehead atoms. The summed E-state index contributed by atoms with van der Waals surface area (Å²) in [5.41, 5.74) is 2.25. The van der Waals surface area contributed by atoms with Gasteiger partial charge in [-0.25, -0.2) is 13.4 Å². The highest BCUT2D eigenvalue weighted by Crippen LogP contribution is 2.29. The minimum Gasteiger partial charge on any atom is -0.349 e. The Morgan fingerprint density at radius 1 is 1.30 bits per heavy atom. The van der Waals surface area contributed by atoms with E-state index in [1.54, 1.807) is 12.1 Å². The predicted octanol–water partition coefficient (Wildman–Crippen LogP) is 1.60. The van der Waals surface area contributed by atoms with Crippen molar-refractivity contribution in [3.05, 3.63) is 29.6 Å². The molecule has 1 amide bonds. The number of carbonyl (C=O) groups is 1. The third kappa shape index (κ3) is 2.73. The molecule has 0 spiro atoms. The number of imidazole rings is 1. The SMILES string of the molecule is Cc1nc2cc(C(=O)NC3CC3)ccc2n1[C@@H]1CCS(=O)(=O)C1.